The molecule has 0 radical (unpaired) electrons. The lowest BCUT2D eigenvalue weighted by Gasteiger charge is -2.19. The van der Waals surface area contributed by atoms with Gasteiger partial charge in [-0.2, -0.15) is 0 Å². The minimum atomic E-state index is -0.740. The Kier molecular flexibility index (Phi) is 9.27. The molecule has 4 aromatic carbocycles. The average Bonchev–Trinajstić information content (AvgIpc) is 3.43. The van der Waals surface area contributed by atoms with Crippen molar-refractivity contribution in [2.75, 3.05) is 27.9 Å². The molecule has 5 rings (SSSR count). The van der Waals surface area contributed by atoms with E-state index in [1.54, 1.807) is 20.3 Å². The zero-order valence-corrected chi connectivity index (χ0v) is 23.8. The first-order valence-electron chi connectivity index (χ1n) is 13.5. The molecule has 1 aliphatic heterocycles. The number of carbonyl (C=O) groups excluding carboxylic acids is 1. The van der Waals surface area contributed by atoms with E-state index in [0.717, 1.165) is 16.7 Å². The SMILES string of the molecule is COC(=O)[C@@H]1c2cc(C#CCOCc3ccccc3)cc(OC)c2O[C@H]1c1ccc(OCc2ccccc2)c(OC)c1. The molecule has 0 unspecified atom stereocenters. The Morgan fingerprint density at radius 3 is 2.14 bits per heavy atom. The Morgan fingerprint density at radius 2 is 1.48 bits per heavy atom. The van der Waals surface area contributed by atoms with E-state index in [1.807, 2.05) is 84.9 Å². The predicted molar refractivity (Wildman–Crippen MR) is 158 cm³/mol. The predicted octanol–water partition coefficient (Wildman–Crippen LogP) is 6.24. The number of hydrogen-bond acceptors (Lipinski definition) is 7. The van der Waals surface area contributed by atoms with E-state index >= 15 is 0 Å². The van der Waals surface area contributed by atoms with Crippen molar-refractivity contribution in [2.24, 2.45) is 0 Å². The topological polar surface area (TPSA) is 72.5 Å². The molecular formula is C35H32O7. The van der Waals surface area contributed by atoms with Crippen LogP contribution in [0.2, 0.25) is 0 Å². The van der Waals surface area contributed by atoms with Gasteiger partial charge in [0.1, 0.15) is 25.2 Å². The molecule has 0 aromatic heterocycles. The fourth-order valence-corrected chi connectivity index (χ4v) is 4.85. The van der Waals surface area contributed by atoms with Crippen LogP contribution in [0.4, 0.5) is 0 Å². The van der Waals surface area contributed by atoms with Gasteiger partial charge in [-0.25, -0.2) is 0 Å². The zero-order chi connectivity index (χ0) is 29.3. The molecule has 7 heteroatoms. The summed E-state index contributed by atoms with van der Waals surface area (Å²) in [6.07, 6.45) is -0.671. The van der Waals surface area contributed by atoms with Crippen molar-refractivity contribution in [3.05, 3.63) is 119 Å². The highest BCUT2D eigenvalue weighted by atomic mass is 16.5. The van der Waals surface area contributed by atoms with Crippen molar-refractivity contribution in [1.29, 1.82) is 0 Å². The maximum Gasteiger partial charge on any atom is 0.317 e. The molecule has 214 valence electrons. The molecule has 0 amide bonds. The van der Waals surface area contributed by atoms with E-state index in [1.165, 1.54) is 7.11 Å². The third-order valence-corrected chi connectivity index (χ3v) is 6.91. The van der Waals surface area contributed by atoms with Gasteiger partial charge in [0.05, 0.1) is 27.9 Å². The number of ether oxygens (including phenoxy) is 6. The molecule has 2 atom stereocenters. The Morgan fingerprint density at radius 1 is 0.786 bits per heavy atom. The van der Waals surface area contributed by atoms with Gasteiger partial charge in [0.2, 0.25) is 0 Å². The first-order valence-corrected chi connectivity index (χ1v) is 13.5. The highest BCUT2D eigenvalue weighted by Crippen LogP contribution is 2.52. The minimum absolute atomic E-state index is 0.256. The largest absolute Gasteiger partial charge is 0.493 e. The second kappa shape index (κ2) is 13.6. The molecule has 0 spiro atoms. The Balaban J connectivity index is 1.37. The van der Waals surface area contributed by atoms with Crippen LogP contribution in [0, 0.1) is 11.8 Å². The van der Waals surface area contributed by atoms with Crippen molar-refractivity contribution in [3.63, 3.8) is 0 Å². The van der Waals surface area contributed by atoms with Crippen LogP contribution in [0.15, 0.2) is 91.0 Å². The highest BCUT2D eigenvalue weighted by molar-refractivity contribution is 5.83. The van der Waals surface area contributed by atoms with Gasteiger partial charge >= 0.3 is 5.97 Å². The van der Waals surface area contributed by atoms with Crippen molar-refractivity contribution >= 4 is 5.97 Å². The Bertz CT molecular complexity index is 1570. The van der Waals surface area contributed by atoms with Gasteiger partial charge in [0.15, 0.2) is 23.0 Å². The second-order valence-corrected chi connectivity index (χ2v) is 9.60. The molecule has 1 heterocycles. The van der Waals surface area contributed by atoms with E-state index in [4.69, 9.17) is 28.4 Å². The summed E-state index contributed by atoms with van der Waals surface area (Å²) in [5.74, 6) is 7.07. The lowest BCUT2D eigenvalue weighted by molar-refractivity contribution is -0.144. The summed E-state index contributed by atoms with van der Waals surface area (Å²) in [7, 11) is 4.50. The van der Waals surface area contributed by atoms with Crippen LogP contribution in [0.25, 0.3) is 0 Å². The molecule has 0 saturated carbocycles. The molecule has 0 fully saturated rings. The smallest absolute Gasteiger partial charge is 0.317 e. The van der Waals surface area contributed by atoms with Gasteiger partial charge < -0.3 is 28.4 Å². The van der Waals surface area contributed by atoms with E-state index < -0.39 is 18.0 Å². The summed E-state index contributed by atoms with van der Waals surface area (Å²) < 4.78 is 34.6. The lowest BCUT2D eigenvalue weighted by Crippen LogP contribution is -2.20. The minimum Gasteiger partial charge on any atom is -0.493 e. The summed E-state index contributed by atoms with van der Waals surface area (Å²) in [6.45, 7) is 1.12. The molecule has 0 aliphatic carbocycles. The van der Waals surface area contributed by atoms with E-state index in [9.17, 15) is 4.79 Å². The van der Waals surface area contributed by atoms with E-state index in [0.29, 0.717) is 47.3 Å². The fraction of sp³-hybridized carbons (Fsp3) is 0.229. The molecule has 7 nitrogen and oxygen atoms in total. The highest BCUT2D eigenvalue weighted by Gasteiger charge is 2.43. The van der Waals surface area contributed by atoms with Crippen molar-refractivity contribution in [1.82, 2.24) is 0 Å². The first kappa shape index (κ1) is 28.6. The molecule has 1 aliphatic rings. The van der Waals surface area contributed by atoms with Crippen molar-refractivity contribution in [2.45, 2.75) is 25.2 Å². The van der Waals surface area contributed by atoms with Gasteiger partial charge in [-0.1, -0.05) is 78.6 Å². The van der Waals surface area contributed by atoms with Crippen LogP contribution >= 0.6 is 0 Å². The number of hydrogen-bond donors (Lipinski definition) is 0. The summed E-state index contributed by atoms with van der Waals surface area (Å²) in [6, 6.07) is 28.9. The standard InChI is InChI=1S/C35H32O7/c1-37-30-21-27(16-17-29(30)41-23-25-13-8-5-9-14-25)33-32(35(36)39-3)28-19-26(20-31(38-2)34(28)42-33)15-10-18-40-22-24-11-6-4-7-12-24/h4-9,11-14,16-17,19-21,32-33H,18,22-23H2,1-3H3/t32-,33+/m1/s1. The average molecular weight is 565 g/mol. The molecule has 0 N–H and O–H groups in total. The molecule has 0 bridgehead atoms. The first-order chi connectivity index (χ1) is 20.6. The Labute approximate surface area is 245 Å². The van der Waals surface area contributed by atoms with Gasteiger partial charge in [-0.05, 0) is 41.0 Å². The lowest BCUT2D eigenvalue weighted by atomic mass is 9.90. The number of esters is 1. The van der Waals surface area contributed by atoms with Crippen LogP contribution in [0.5, 0.6) is 23.0 Å². The molecular weight excluding hydrogens is 532 g/mol. The molecule has 42 heavy (non-hydrogen) atoms. The summed E-state index contributed by atoms with van der Waals surface area (Å²) >= 11 is 0. The van der Waals surface area contributed by atoms with Crippen LogP contribution in [0.1, 0.15) is 39.8 Å². The van der Waals surface area contributed by atoms with Crippen LogP contribution in [0.3, 0.4) is 0 Å². The van der Waals surface area contributed by atoms with Crippen molar-refractivity contribution < 1.29 is 33.2 Å². The third kappa shape index (κ3) is 6.51. The molecule has 4 aromatic rings. The fourth-order valence-electron chi connectivity index (χ4n) is 4.85. The number of carbonyl (C=O) groups is 1. The maximum absolute atomic E-state index is 13.1. The number of rotatable bonds is 10. The summed E-state index contributed by atoms with van der Waals surface area (Å²) in [4.78, 5) is 13.1. The number of fused-ring (bicyclic) bond motifs is 1. The zero-order valence-electron chi connectivity index (χ0n) is 23.8. The maximum atomic E-state index is 13.1. The second-order valence-electron chi connectivity index (χ2n) is 9.60. The van der Waals surface area contributed by atoms with Gasteiger partial charge in [0.25, 0.3) is 0 Å². The van der Waals surface area contributed by atoms with Crippen LogP contribution in [-0.4, -0.2) is 33.9 Å². The monoisotopic (exact) mass is 564 g/mol. The van der Waals surface area contributed by atoms with Crippen LogP contribution < -0.4 is 18.9 Å². The van der Waals surface area contributed by atoms with E-state index in [-0.39, 0.29) is 6.61 Å². The van der Waals surface area contributed by atoms with Gasteiger partial charge in [0, 0.05) is 11.1 Å². The van der Waals surface area contributed by atoms with E-state index in [2.05, 4.69) is 11.8 Å². The van der Waals surface area contributed by atoms with Gasteiger partial charge in [-0.3, -0.25) is 4.79 Å². The normalized spacial score (nSPS) is 15.0. The van der Waals surface area contributed by atoms with Crippen LogP contribution in [-0.2, 0) is 27.5 Å². The third-order valence-electron chi connectivity index (χ3n) is 6.91. The summed E-state index contributed by atoms with van der Waals surface area (Å²) in [5, 5.41) is 0. The number of benzene rings is 4. The molecule has 0 saturated heterocycles. The summed E-state index contributed by atoms with van der Waals surface area (Å²) in [5.41, 5.74) is 4.17. The number of methoxy groups -OCH3 is 3. The van der Waals surface area contributed by atoms with Crippen molar-refractivity contribution in [3.8, 4) is 34.8 Å². The van der Waals surface area contributed by atoms with Gasteiger partial charge in [-0.15, -0.1) is 0 Å². The Hall–Kier alpha value is -4.93. The quantitative estimate of drug-likeness (QED) is 0.128.